The maximum atomic E-state index is 11.9. The monoisotopic (exact) mass is 347 g/mol. The standard InChI is InChI=1S/C11H14BrN3O3S/c12-8-1-2-10(9(13)4-8)15-5-7(3-11(15)16)6-19(14,17)18/h1-2,4,7H,3,5-6,13H2,(H2,14,17,18). The summed E-state index contributed by atoms with van der Waals surface area (Å²) < 4.78 is 23.0. The highest BCUT2D eigenvalue weighted by Gasteiger charge is 2.33. The summed E-state index contributed by atoms with van der Waals surface area (Å²) in [5.74, 6) is -0.612. The predicted octanol–water partition coefficient (Wildman–Crippen LogP) is 0.673. The van der Waals surface area contributed by atoms with Gasteiger partial charge in [0.1, 0.15) is 0 Å². The van der Waals surface area contributed by atoms with Gasteiger partial charge < -0.3 is 10.6 Å². The molecule has 1 aliphatic rings. The number of amides is 1. The molecule has 4 N–H and O–H groups in total. The molecule has 1 aromatic rings. The van der Waals surface area contributed by atoms with E-state index in [0.29, 0.717) is 17.9 Å². The quantitative estimate of drug-likeness (QED) is 0.783. The highest BCUT2D eigenvalue weighted by molar-refractivity contribution is 9.10. The first kappa shape index (κ1) is 14.3. The number of primary sulfonamides is 1. The molecule has 0 radical (unpaired) electrons. The first-order chi connectivity index (χ1) is 8.76. The number of nitrogen functional groups attached to an aromatic ring is 1. The summed E-state index contributed by atoms with van der Waals surface area (Å²) >= 11 is 3.29. The van der Waals surface area contributed by atoms with E-state index in [1.165, 1.54) is 4.90 Å². The third-order valence-corrected chi connectivity index (χ3v) is 4.38. The Bertz CT molecular complexity index is 618. The number of halogens is 1. The number of nitrogens with two attached hydrogens (primary N) is 2. The van der Waals surface area contributed by atoms with Crippen molar-refractivity contribution in [2.24, 2.45) is 11.1 Å². The van der Waals surface area contributed by atoms with Crippen LogP contribution in [0, 0.1) is 5.92 Å². The van der Waals surface area contributed by atoms with Crippen LogP contribution in [0.2, 0.25) is 0 Å². The summed E-state index contributed by atoms with van der Waals surface area (Å²) in [5, 5.41) is 5.01. The lowest BCUT2D eigenvalue weighted by atomic mass is 10.1. The van der Waals surface area contributed by atoms with Crippen LogP contribution in [-0.4, -0.2) is 26.6 Å². The van der Waals surface area contributed by atoms with Crippen LogP contribution in [0.25, 0.3) is 0 Å². The smallest absolute Gasteiger partial charge is 0.227 e. The molecule has 1 saturated heterocycles. The number of anilines is 2. The molecule has 0 aliphatic carbocycles. The minimum absolute atomic E-state index is 0.136. The minimum atomic E-state index is -3.57. The largest absolute Gasteiger partial charge is 0.397 e. The molecular formula is C11H14BrN3O3S. The molecule has 0 spiro atoms. The second kappa shape index (κ2) is 5.10. The zero-order valence-corrected chi connectivity index (χ0v) is 12.4. The molecule has 104 valence electrons. The summed E-state index contributed by atoms with van der Waals surface area (Å²) in [5.41, 5.74) is 6.94. The molecule has 1 aliphatic heterocycles. The topological polar surface area (TPSA) is 106 Å². The fourth-order valence-corrected chi connectivity index (χ4v) is 3.48. The molecule has 1 unspecified atom stereocenters. The Hall–Kier alpha value is -1.12. The Labute approximate surface area is 119 Å². The van der Waals surface area contributed by atoms with E-state index in [2.05, 4.69) is 15.9 Å². The van der Waals surface area contributed by atoms with E-state index in [1.807, 2.05) is 0 Å². The Kier molecular flexibility index (Phi) is 3.84. The summed E-state index contributed by atoms with van der Waals surface area (Å²) in [6, 6.07) is 5.22. The first-order valence-corrected chi connectivity index (χ1v) is 8.13. The molecule has 6 nitrogen and oxygen atoms in total. The van der Waals surface area contributed by atoms with E-state index in [1.54, 1.807) is 18.2 Å². The van der Waals surface area contributed by atoms with Crippen molar-refractivity contribution >= 4 is 43.2 Å². The van der Waals surface area contributed by atoms with Gasteiger partial charge in [0.25, 0.3) is 0 Å². The van der Waals surface area contributed by atoms with Crippen molar-refractivity contribution < 1.29 is 13.2 Å². The van der Waals surface area contributed by atoms with E-state index in [9.17, 15) is 13.2 Å². The van der Waals surface area contributed by atoms with Crippen molar-refractivity contribution in [3.8, 4) is 0 Å². The van der Waals surface area contributed by atoms with Gasteiger partial charge in [0.05, 0.1) is 17.1 Å². The van der Waals surface area contributed by atoms with E-state index in [-0.39, 0.29) is 24.0 Å². The van der Waals surface area contributed by atoms with Crippen molar-refractivity contribution in [3.05, 3.63) is 22.7 Å². The lowest BCUT2D eigenvalue weighted by molar-refractivity contribution is -0.117. The molecule has 1 amide bonds. The van der Waals surface area contributed by atoms with Gasteiger partial charge in [0, 0.05) is 23.4 Å². The van der Waals surface area contributed by atoms with Crippen LogP contribution in [0.1, 0.15) is 6.42 Å². The number of hydrogen-bond acceptors (Lipinski definition) is 4. The number of nitrogens with zero attached hydrogens (tertiary/aromatic N) is 1. The van der Waals surface area contributed by atoms with Crippen LogP contribution in [0.15, 0.2) is 22.7 Å². The van der Waals surface area contributed by atoms with Gasteiger partial charge in [-0.15, -0.1) is 0 Å². The second-order valence-electron chi connectivity index (χ2n) is 4.61. The van der Waals surface area contributed by atoms with Crippen LogP contribution in [0.3, 0.4) is 0 Å². The van der Waals surface area contributed by atoms with Crippen molar-refractivity contribution in [1.29, 1.82) is 0 Å². The van der Waals surface area contributed by atoms with Crippen molar-refractivity contribution in [3.63, 3.8) is 0 Å². The Morgan fingerprint density at radius 3 is 2.68 bits per heavy atom. The SMILES string of the molecule is Nc1cc(Br)ccc1N1CC(CS(N)(=O)=O)CC1=O. The van der Waals surface area contributed by atoms with E-state index >= 15 is 0 Å². The number of sulfonamides is 1. The molecule has 0 aromatic heterocycles. The molecule has 2 rings (SSSR count). The number of hydrogen-bond donors (Lipinski definition) is 2. The molecule has 8 heteroatoms. The van der Waals surface area contributed by atoms with Gasteiger partial charge in [0.15, 0.2) is 0 Å². The Balaban J connectivity index is 2.20. The molecule has 0 bridgehead atoms. The number of rotatable bonds is 3. The summed E-state index contributed by atoms with van der Waals surface area (Å²) in [4.78, 5) is 13.4. The lowest BCUT2D eigenvalue weighted by Gasteiger charge is -2.18. The summed E-state index contributed by atoms with van der Waals surface area (Å²) in [6.07, 6.45) is 0.173. The zero-order chi connectivity index (χ0) is 14.2. The molecule has 1 aromatic carbocycles. The minimum Gasteiger partial charge on any atom is -0.397 e. The van der Waals surface area contributed by atoms with Gasteiger partial charge in [-0.25, -0.2) is 13.6 Å². The fraction of sp³-hybridized carbons (Fsp3) is 0.364. The van der Waals surface area contributed by atoms with Crippen LogP contribution in [-0.2, 0) is 14.8 Å². The van der Waals surface area contributed by atoms with Crippen molar-refractivity contribution in [1.82, 2.24) is 0 Å². The van der Waals surface area contributed by atoms with Gasteiger partial charge in [-0.2, -0.15) is 0 Å². The molecular weight excluding hydrogens is 334 g/mol. The number of carbonyl (C=O) groups excluding carboxylic acids is 1. The Morgan fingerprint density at radius 1 is 1.42 bits per heavy atom. The highest BCUT2D eigenvalue weighted by Crippen LogP contribution is 2.31. The third kappa shape index (κ3) is 3.46. The predicted molar refractivity (Wildman–Crippen MR) is 77.0 cm³/mol. The van der Waals surface area contributed by atoms with Crippen LogP contribution in [0.4, 0.5) is 11.4 Å². The lowest BCUT2D eigenvalue weighted by Crippen LogP contribution is -2.28. The summed E-state index contributed by atoms with van der Waals surface area (Å²) in [7, 11) is -3.57. The molecule has 19 heavy (non-hydrogen) atoms. The van der Waals surface area contributed by atoms with Crippen molar-refractivity contribution in [2.45, 2.75) is 6.42 Å². The van der Waals surface area contributed by atoms with Crippen molar-refractivity contribution in [2.75, 3.05) is 22.9 Å². The highest BCUT2D eigenvalue weighted by atomic mass is 79.9. The van der Waals surface area contributed by atoms with Crippen LogP contribution < -0.4 is 15.8 Å². The van der Waals surface area contributed by atoms with Gasteiger partial charge in [-0.05, 0) is 18.2 Å². The second-order valence-corrected chi connectivity index (χ2v) is 7.18. The fourth-order valence-electron chi connectivity index (χ4n) is 2.23. The normalized spacial score (nSPS) is 20.0. The average molecular weight is 348 g/mol. The third-order valence-electron chi connectivity index (χ3n) is 2.95. The molecule has 1 heterocycles. The van der Waals surface area contributed by atoms with Crippen LogP contribution in [0.5, 0.6) is 0 Å². The maximum Gasteiger partial charge on any atom is 0.227 e. The molecule has 1 fully saturated rings. The number of carbonyl (C=O) groups is 1. The Morgan fingerprint density at radius 2 is 2.11 bits per heavy atom. The maximum absolute atomic E-state index is 11.9. The zero-order valence-electron chi connectivity index (χ0n) is 10.0. The van der Waals surface area contributed by atoms with E-state index in [4.69, 9.17) is 10.9 Å². The van der Waals surface area contributed by atoms with Gasteiger partial charge in [-0.1, -0.05) is 15.9 Å². The van der Waals surface area contributed by atoms with Gasteiger partial charge >= 0.3 is 0 Å². The van der Waals surface area contributed by atoms with Gasteiger partial charge in [0.2, 0.25) is 15.9 Å². The number of benzene rings is 1. The van der Waals surface area contributed by atoms with E-state index in [0.717, 1.165) is 4.47 Å². The first-order valence-electron chi connectivity index (χ1n) is 5.62. The van der Waals surface area contributed by atoms with E-state index < -0.39 is 10.0 Å². The molecule has 1 atom stereocenters. The molecule has 0 saturated carbocycles. The average Bonchev–Trinajstić information content (AvgIpc) is 2.56. The van der Waals surface area contributed by atoms with Crippen LogP contribution >= 0.6 is 15.9 Å². The van der Waals surface area contributed by atoms with Gasteiger partial charge in [-0.3, -0.25) is 4.79 Å². The summed E-state index contributed by atoms with van der Waals surface area (Å²) in [6.45, 7) is 0.321.